The van der Waals surface area contributed by atoms with Gasteiger partial charge in [-0.2, -0.15) is 0 Å². The topological polar surface area (TPSA) is 75.3 Å². The van der Waals surface area contributed by atoms with Crippen molar-refractivity contribution in [2.75, 3.05) is 6.54 Å². The predicted octanol–water partition coefficient (Wildman–Crippen LogP) is -1.24. The van der Waals surface area contributed by atoms with Crippen molar-refractivity contribution >= 4 is 5.97 Å². The standard InChI is InChI=1S/C5H10N2O2/c6-3-1-4(5(8)9)7-2-3/h3-4,7H,1-2,6H2,(H,8,9)/t3-,4-/m1/s1. The second-order valence-corrected chi connectivity index (χ2v) is 2.29. The van der Waals surface area contributed by atoms with E-state index in [0.717, 1.165) is 0 Å². The Bertz CT molecular complexity index is 126. The van der Waals surface area contributed by atoms with Crippen LogP contribution in [-0.2, 0) is 4.79 Å². The van der Waals surface area contributed by atoms with Crippen LogP contribution in [0.1, 0.15) is 6.42 Å². The van der Waals surface area contributed by atoms with Crippen LogP contribution in [0, 0.1) is 0 Å². The van der Waals surface area contributed by atoms with Crippen LogP contribution >= 0.6 is 0 Å². The van der Waals surface area contributed by atoms with Gasteiger partial charge in [0, 0.05) is 12.6 Å². The Morgan fingerprint density at radius 2 is 2.44 bits per heavy atom. The van der Waals surface area contributed by atoms with E-state index in [-0.39, 0.29) is 6.04 Å². The average Bonchev–Trinajstić information content (AvgIpc) is 2.14. The van der Waals surface area contributed by atoms with Gasteiger partial charge in [0.1, 0.15) is 6.04 Å². The van der Waals surface area contributed by atoms with Gasteiger partial charge < -0.3 is 16.2 Å². The molecule has 1 rings (SSSR count). The average molecular weight is 130 g/mol. The van der Waals surface area contributed by atoms with Crippen molar-refractivity contribution in [3.05, 3.63) is 0 Å². The van der Waals surface area contributed by atoms with Gasteiger partial charge in [0.2, 0.25) is 0 Å². The molecular weight excluding hydrogens is 120 g/mol. The molecule has 0 aromatic rings. The summed E-state index contributed by atoms with van der Waals surface area (Å²) in [6.45, 7) is 0.622. The maximum Gasteiger partial charge on any atom is 0.320 e. The van der Waals surface area contributed by atoms with Crippen molar-refractivity contribution in [2.45, 2.75) is 18.5 Å². The number of hydrogen-bond donors (Lipinski definition) is 3. The number of hydrogen-bond acceptors (Lipinski definition) is 3. The van der Waals surface area contributed by atoms with Crippen LogP contribution in [0.2, 0.25) is 0 Å². The Balaban J connectivity index is 2.39. The first kappa shape index (κ1) is 6.51. The molecule has 0 aromatic carbocycles. The molecule has 2 atom stereocenters. The predicted molar refractivity (Wildman–Crippen MR) is 32.0 cm³/mol. The van der Waals surface area contributed by atoms with Gasteiger partial charge in [-0.1, -0.05) is 0 Å². The molecule has 0 bridgehead atoms. The molecule has 1 saturated heterocycles. The second-order valence-electron chi connectivity index (χ2n) is 2.29. The van der Waals surface area contributed by atoms with Gasteiger partial charge in [-0.3, -0.25) is 4.79 Å². The number of rotatable bonds is 1. The van der Waals surface area contributed by atoms with Crippen molar-refractivity contribution in [1.82, 2.24) is 5.32 Å². The van der Waals surface area contributed by atoms with Gasteiger partial charge in [-0.05, 0) is 6.42 Å². The van der Waals surface area contributed by atoms with E-state index in [1.165, 1.54) is 0 Å². The Labute approximate surface area is 53.0 Å². The summed E-state index contributed by atoms with van der Waals surface area (Å²) in [7, 11) is 0. The molecule has 4 heteroatoms. The Kier molecular flexibility index (Phi) is 1.68. The fourth-order valence-electron chi connectivity index (χ4n) is 0.951. The van der Waals surface area contributed by atoms with E-state index < -0.39 is 12.0 Å². The van der Waals surface area contributed by atoms with Crippen LogP contribution in [0.25, 0.3) is 0 Å². The maximum atomic E-state index is 10.2. The quantitative estimate of drug-likeness (QED) is 0.415. The van der Waals surface area contributed by atoms with Crippen LogP contribution < -0.4 is 11.1 Å². The molecule has 1 heterocycles. The first-order valence-electron chi connectivity index (χ1n) is 2.92. The summed E-state index contributed by atoms with van der Waals surface area (Å²) in [4.78, 5) is 10.2. The lowest BCUT2D eigenvalue weighted by Gasteiger charge is -2.00. The molecule has 1 aliphatic rings. The van der Waals surface area contributed by atoms with Gasteiger partial charge in [-0.15, -0.1) is 0 Å². The molecule has 4 nitrogen and oxygen atoms in total. The number of carbonyl (C=O) groups is 1. The van der Waals surface area contributed by atoms with Gasteiger partial charge in [-0.25, -0.2) is 0 Å². The molecule has 52 valence electrons. The summed E-state index contributed by atoms with van der Waals surface area (Å²) in [6, 6.07) is -0.397. The number of carboxylic acids is 1. The molecule has 0 amide bonds. The maximum absolute atomic E-state index is 10.2. The van der Waals surface area contributed by atoms with Gasteiger partial charge >= 0.3 is 5.97 Å². The molecule has 4 N–H and O–H groups in total. The first-order valence-corrected chi connectivity index (χ1v) is 2.92. The lowest BCUT2D eigenvalue weighted by molar-refractivity contribution is -0.139. The minimum absolute atomic E-state index is 0.0195. The number of carboxylic acid groups (broad SMARTS) is 1. The van der Waals surface area contributed by atoms with Crippen LogP contribution in [0.3, 0.4) is 0 Å². The zero-order valence-electron chi connectivity index (χ0n) is 5.00. The van der Waals surface area contributed by atoms with E-state index >= 15 is 0 Å². The first-order chi connectivity index (χ1) is 4.20. The third-order valence-electron chi connectivity index (χ3n) is 1.46. The summed E-state index contributed by atoms with van der Waals surface area (Å²) in [5.74, 6) is -0.803. The van der Waals surface area contributed by atoms with Crippen LogP contribution in [0.5, 0.6) is 0 Å². The van der Waals surface area contributed by atoms with Crippen LogP contribution in [0.4, 0.5) is 0 Å². The van der Waals surface area contributed by atoms with E-state index in [9.17, 15) is 4.79 Å². The SMILES string of the molecule is N[C@H]1CN[C@@H](C(=O)O)C1. The highest BCUT2D eigenvalue weighted by Crippen LogP contribution is 2.03. The molecule has 9 heavy (non-hydrogen) atoms. The van der Waals surface area contributed by atoms with Gasteiger partial charge in [0.25, 0.3) is 0 Å². The van der Waals surface area contributed by atoms with Crippen LogP contribution in [0.15, 0.2) is 0 Å². The van der Waals surface area contributed by atoms with E-state index in [4.69, 9.17) is 10.8 Å². The molecule has 0 aromatic heterocycles. The molecule has 0 unspecified atom stereocenters. The van der Waals surface area contributed by atoms with Crippen molar-refractivity contribution < 1.29 is 9.90 Å². The normalized spacial score (nSPS) is 34.8. The smallest absolute Gasteiger partial charge is 0.320 e. The summed E-state index contributed by atoms with van der Waals surface area (Å²) in [6.07, 6.45) is 0.551. The Hall–Kier alpha value is -0.610. The third kappa shape index (κ3) is 1.40. The zero-order valence-corrected chi connectivity index (χ0v) is 5.00. The van der Waals surface area contributed by atoms with E-state index in [1.807, 2.05) is 0 Å². The minimum atomic E-state index is -0.803. The lowest BCUT2D eigenvalue weighted by atomic mass is 10.2. The minimum Gasteiger partial charge on any atom is -0.480 e. The van der Waals surface area contributed by atoms with Gasteiger partial charge in [0.05, 0.1) is 0 Å². The summed E-state index contributed by atoms with van der Waals surface area (Å²) in [5.41, 5.74) is 5.44. The number of nitrogens with two attached hydrogens (primary N) is 1. The molecular formula is C5H10N2O2. The largest absolute Gasteiger partial charge is 0.480 e. The number of nitrogens with one attached hydrogen (secondary N) is 1. The fourth-order valence-corrected chi connectivity index (χ4v) is 0.951. The van der Waals surface area contributed by atoms with Crippen molar-refractivity contribution in [1.29, 1.82) is 0 Å². The van der Waals surface area contributed by atoms with Crippen molar-refractivity contribution in [2.24, 2.45) is 5.73 Å². The van der Waals surface area contributed by atoms with Crippen LogP contribution in [-0.4, -0.2) is 29.7 Å². The highest BCUT2D eigenvalue weighted by atomic mass is 16.4. The molecule has 0 spiro atoms. The highest BCUT2D eigenvalue weighted by molar-refractivity contribution is 5.73. The third-order valence-corrected chi connectivity index (χ3v) is 1.46. The van der Waals surface area contributed by atoms with Crippen molar-refractivity contribution in [3.8, 4) is 0 Å². The van der Waals surface area contributed by atoms with E-state index in [0.29, 0.717) is 13.0 Å². The van der Waals surface area contributed by atoms with Gasteiger partial charge in [0.15, 0.2) is 0 Å². The number of aliphatic carboxylic acids is 1. The summed E-state index contributed by atoms with van der Waals surface area (Å²) in [5, 5.41) is 11.2. The van der Waals surface area contributed by atoms with E-state index in [1.54, 1.807) is 0 Å². The Morgan fingerprint density at radius 1 is 1.78 bits per heavy atom. The lowest BCUT2D eigenvalue weighted by Crippen LogP contribution is -2.30. The summed E-state index contributed by atoms with van der Waals surface area (Å²) >= 11 is 0. The fraction of sp³-hybridized carbons (Fsp3) is 0.800. The monoisotopic (exact) mass is 130 g/mol. The molecule has 0 saturated carbocycles. The molecule has 1 fully saturated rings. The molecule has 1 aliphatic heterocycles. The van der Waals surface area contributed by atoms with Crippen molar-refractivity contribution in [3.63, 3.8) is 0 Å². The summed E-state index contributed by atoms with van der Waals surface area (Å²) < 4.78 is 0. The second kappa shape index (κ2) is 2.33. The highest BCUT2D eigenvalue weighted by Gasteiger charge is 2.26. The molecule has 0 aliphatic carbocycles. The van der Waals surface area contributed by atoms with E-state index in [2.05, 4.69) is 5.32 Å². The zero-order chi connectivity index (χ0) is 6.85. The molecule has 0 radical (unpaired) electrons. The Morgan fingerprint density at radius 3 is 2.67 bits per heavy atom.